The van der Waals surface area contributed by atoms with Crippen molar-refractivity contribution in [2.45, 2.75) is 12.5 Å². The molecule has 0 bridgehead atoms. The molecule has 5 N–H and O–H groups in total. The predicted octanol–water partition coefficient (Wildman–Crippen LogP) is -0.335. The van der Waals surface area contributed by atoms with Crippen LogP contribution in [-0.4, -0.2) is 98.8 Å². The van der Waals surface area contributed by atoms with Gasteiger partial charge in [0.15, 0.2) is 0 Å². The fraction of sp³-hybridized carbons (Fsp3) is 0.350. The highest BCUT2D eigenvalue weighted by Gasteiger charge is 2.27. The van der Waals surface area contributed by atoms with Crippen LogP contribution in [0.25, 0.3) is 0 Å². The van der Waals surface area contributed by atoms with E-state index in [9.17, 15) is 34.2 Å². The molecule has 0 unspecified atom stereocenters. The second-order valence-corrected chi connectivity index (χ2v) is 6.90. The number of aliphatic carboxylic acids is 4. The van der Waals surface area contributed by atoms with Crippen molar-refractivity contribution in [3.8, 4) is 0 Å². The van der Waals surface area contributed by atoms with Crippen molar-refractivity contribution in [2.24, 2.45) is 0 Å². The molecule has 0 aliphatic rings. The van der Waals surface area contributed by atoms with Crippen molar-refractivity contribution in [3.63, 3.8) is 0 Å². The lowest BCUT2D eigenvalue weighted by atomic mass is 10.0. The topological polar surface area (TPSA) is 185 Å². The first-order valence-corrected chi connectivity index (χ1v) is 9.36. The predicted molar refractivity (Wildman–Crippen MR) is 111 cm³/mol. The Hall–Kier alpha value is -3.77. The van der Waals surface area contributed by atoms with Crippen LogP contribution in [0.1, 0.15) is 5.56 Å². The van der Waals surface area contributed by atoms with Crippen molar-refractivity contribution in [2.75, 3.05) is 38.0 Å². The zero-order valence-electron chi connectivity index (χ0n) is 17.1. The standard InChI is InChI=1S/C20H25N3O9/c1-2-16(24)21-14-5-3-13(4-6-14)7-15(23(11-19(29)30)12-20(31)32)8-22(9-17(25)26)10-18(27)28/h2-6,15H,1,7-12H2,(H,21,24)(H,25,26)(H,27,28)(H,29,30)(H,31,32)/t15-/m0/s1. The summed E-state index contributed by atoms with van der Waals surface area (Å²) in [7, 11) is 0. The number of carbonyl (C=O) groups is 5. The van der Waals surface area contributed by atoms with Crippen LogP contribution < -0.4 is 5.32 Å². The summed E-state index contributed by atoms with van der Waals surface area (Å²) in [5, 5.41) is 39.1. The summed E-state index contributed by atoms with van der Waals surface area (Å²) in [4.78, 5) is 58.4. The normalized spacial score (nSPS) is 11.7. The second-order valence-electron chi connectivity index (χ2n) is 6.90. The number of carbonyl (C=O) groups excluding carboxylic acids is 1. The van der Waals surface area contributed by atoms with Crippen molar-refractivity contribution in [3.05, 3.63) is 42.5 Å². The number of carboxylic acids is 4. The van der Waals surface area contributed by atoms with Gasteiger partial charge in [0.1, 0.15) is 0 Å². The molecule has 0 heterocycles. The molecule has 32 heavy (non-hydrogen) atoms. The van der Waals surface area contributed by atoms with E-state index < -0.39 is 62.0 Å². The maximum absolute atomic E-state index is 11.4. The molecule has 1 aromatic carbocycles. The van der Waals surface area contributed by atoms with Gasteiger partial charge in [0, 0.05) is 18.3 Å². The third-order valence-electron chi connectivity index (χ3n) is 4.26. The number of amides is 1. The Balaban J connectivity index is 3.18. The van der Waals surface area contributed by atoms with Crippen molar-refractivity contribution >= 4 is 35.5 Å². The van der Waals surface area contributed by atoms with E-state index in [1.54, 1.807) is 24.3 Å². The summed E-state index contributed by atoms with van der Waals surface area (Å²) in [5.74, 6) is -5.56. The maximum Gasteiger partial charge on any atom is 0.317 e. The smallest absolute Gasteiger partial charge is 0.317 e. The van der Waals surface area contributed by atoms with Crippen LogP contribution in [0.3, 0.4) is 0 Å². The number of anilines is 1. The van der Waals surface area contributed by atoms with Gasteiger partial charge in [0.05, 0.1) is 26.2 Å². The summed E-state index contributed by atoms with van der Waals surface area (Å²) in [6.45, 7) is 0.622. The van der Waals surface area contributed by atoms with Crippen LogP contribution in [0.5, 0.6) is 0 Å². The van der Waals surface area contributed by atoms with Crippen LogP contribution >= 0.6 is 0 Å². The Morgan fingerprint density at radius 2 is 1.31 bits per heavy atom. The fourth-order valence-electron chi connectivity index (χ4n) is 3.03. The minimum atomic E-state index is -1.29. The molecule has 174 valence electrons. The van der Waals surface area contributed by atoms with E-state index in [-0.39, 0.29) is 13.0 Å². The number of nitrogens with one attached hydrogen (secondary N) is 1. The van der Waals surface area contributed by atoms with Crippen molar-refractivity contribution in [1.29, 1.82) is 0 Å². The van der Waals surface area contributed by atoms with Crippen LogP contribution in [-0.2, 0) is 30.4 Å². The molecule has 0 saturated carbocycles. The molecule has 12 nitrogen and oxygen atoms in total. The molecular weight excluding hydrogens is 426 g/mol. The van der Waals surface area contributed by atoms with Crippen LogP contribution in [0.2, 0.25) is 0 Å². The maximum atomic E-state index is 11.4. The van der Waals surface area contributed by atoms with Gasteiger partial charge in [-0.25, -0.2) is 0 Å². The lowest BCUT2D eigenvalue weighted by Gasteiger charge is -2.33. The van der Waals surface area contributed by atoms with E-state index in [0.717, 1.165) is 15.9 Å². The Kier molecular flexibility index (Phi) is 10.5. The third kappa shape index (κ3) is 10.3. The first-order valence-electron chi connectivity index (χ1n) is 9.36. The van der Waals surface area contributed by atoms with E-state index in [2.05, 4.69) is 11.9 Å². The number of rotatable bonds is 15. The lowest BCUT2D eigenvalue weighted by molar-refractivity contribution is -0.146. The Morgan fingerprint density at radius 3 is 1.72 bits per heavy atom. The van der Waals surface area contributed by atoms with Crippen LogP contribution in [0.15, 0.2) is 36.9 Å². The highest BCUT2D eigenvalue weighted by atomic mass is 16.4. The summed E-state index contributed by atoms with van der Waals surface area (Å²) in [6, 6.07) is 5.60. The van der Waals surface area contributed by atoms with Crippen LogP contribution in [0.4, 0.5) is 5.69 Å². The molecule has 0 aliphatic carbocycles. The molecule has 0 aromatic heterocycles. The molecule has 0 saturated heterocycles. The molecule has 0 aliphatic heterocycles. The minimum absolute atomic E-state index is 0.103. The van der Waals surface area contributed by atoms with E-state index in [1.807, 2.05) is 0 Å². The molecule has 0 spiro atoms. The lowest BCUT2D eigenvalue weighted by Crippen LogP contribution is -2.50. The van der Waals surface area contributed by atoms with Gasteiger partial charge in [-0.1, -0.05) is 18.7 Å². The second kappa shape index (κ2) is 12.8. The molecule has 0 radical (unpaired) electrons. The molecular formula is C20H25N3O9. The number of nitrogens with zero attached hydrogens (tertiary/aromatic N) is 2. The first kappa shape index (κ1) is 26.3. The van der Waals surface area contributed by atoms with Gasteiger partial charge in [0.2, 0.25) is 5.91 Å². The summed E-state index contributed by atoms with van der Waals surface area (Å²) in [5.41, 5.74) is 1.11. The summed E-state index contributed by atoms with van der Waals surface area (Å²) in [6.07, 6.45) is 1.20. The SMILES string of the molecule is C=CC(=O)Nc1ccc(C[C@@H](CN(CC(=O)O)CC(=O)O)N(CC(=O)O)CC(=O)O)cc1. The molecule has 1 atom stereocenters. The zero-order chi connectivity index (χ0) is 24.3. The average Bonchev–Trinajstić information content (AvgIpc) is 2.66. The van der Waals surface area contributed by atoms with E-state index in [4.69, 9.17) is 10.2 Å². The van der Waals surface area contributed by atoms with Gasteiger partial charge < -0.3 is 25.7 Å². The summed E-state index contributed by atoms with van der Waals surface area (Å²) < 4.78 is 0. The number of carboxylic acid groups (broad SMARTS) is 4. The van der Waals surface area contributed by atoms with E-state index >= 15 is 0 Å². The van der Waals surface area contributed by atoms with Crippen LogP contribution in [0, 0.1) is 0 Å². The highest BCUT2D eigenvalue weighted by molar-refractivity contribution is 5.98. The van der Waals surface area contributed by atoms with Crippen molar-refractivity contribution < 1.29 is 44.4 Å². The number of benzene rings is 1. The van der Waals surface area contributed by atoms with E-state index in [1.165, 1.54) is 0 Å². The minimum Gasteiger partial charge on any atom is -0.480 e. The summed E-state index contributed by atoms with van der Waals surface area (Å²) >= 11 is 0. The van der Waals surface area contributed by atoms with Gasteiger partial charge in [-0.2, -0.15) is 0 Å². The molecule has 0 fully saturated rings. The average molecular weight is 451 g/mol. The molecule has 1 aromatic rings. The van der Waals surface area contributed by atoms with Gasteiger partial charge >= 0.3 is 23.9 Å². The molecule has 1 rings (SSSR count). The van der Waals surface area contributed by atoms with Crippen molar-refractivity contribution in [1.82, 2.24) is 9.80 Å². The molecule has 1 amide bonds. The zero-order valence-corrected chi connectivity index (χ0v) is 17.1. The quantitative estimate of drug-likeness (QED) is 0.220. The number of hydrogen-bond acceptors (Lipinski definition) is 7. The van der Waals surface area contributed by atoms with Gasteiger partial charge in [-0.05, 0) is 30.2 Å². The highest BCUT2D eigenvalue weighted by Crippen LogP contribution is 2.15. The van der Waals surface area contributed by atoms with E-state index in [0.29, 0.717) is 11.3 Å². The monoisotopic (exact) mass is 451 g/mol. The first-order chi connectivity index (χ1) is 15.0. The Bertz CT molecular complexity index is 822. The largest absolute Gasteiger partial charge is 0.480 e. The Morgan fingerprint density at radius 1 is 0.844 bits per heavy atom. The third-order valence-corrected chi connectivity index (χ3v) is 4.26. The van der Waals surface area contributed by atoms with Gasteiger partial charge in [-0.3, -0.25) is 33.8 Å². The number of hydrogen-bond donors (Lipinski definition) is 5. The van der Waals surface area contributed by atoms with Gasteiger partial charge in [-0.15, -0.1) is 0 Å². The fourth-order valence-corrected chi connectivity index (χ4v) is 3.03. The Labute approximate surface area is 183 Å². The van der Waals surface area contributed by atoms with Gasteiger partial charge in [0.25, 0.3) is 0 Å². The molecule has 12 heteroatoms.